The number of aromatic nitrogens is 2. The van der Waals surface area contributed by atoms with E-state index in [4.69, 9.17) is 4.74 Å². The predicted molar refractivity (Wildman–Crippen MR) is 120 cm³/mol. The van der Waals surface area contributed by atoms with Gasteiger partial charge in [0.25, 0.3) is 11.5 Å². The fraction of sp³-hybridized carbons (Fsp3) is 0.333. The summed E-state index contributed by atoms with van der Waals surface area (Å²) in [6, 6.07) is 12.5. The van der Waals surface area contributed by atoms with Crippen molar-refractivity contribution in [1.82, 2.24) is 9.78 Å². The van der Waals surface area contributed by atoms with E-state index in [1.807, 2.05) is 32.0 Å². The van der Waals surface area contributed by atoms with Gasteiger partial charge in [-0.1, -0.05) is 44.0 Å². The minimum absolute atomic E-state index is 0.0332. The van der Waals surface area contributed by atoms with E-state index in [1.165, 1.54) is 4.68 Å². The number of rotatable bonds is 8. The highest BCUT2D eigenvalue weighted by Gasteiger charge is 2.19. The van der Waals surface area contributed by atoms with Crippen molar-refractivity contribution in [3.8, 4) is 0 Å². The number of amides is 1. The number of hydrogen-bond donors (Lipinski definition) is 1. The summed E-state index contributed by atoms with van der Waals surface area (Å²) in [5, 5.41) is 7.80. The molecule has 0 unspecified atom stereocenters. The second kappa shape index (κ2) is 10.0. The van der Waals surface area contributed by atoms with Crippen LogP contribution in [0.15, 0.2) is 47.3 Å². The van der Waals surface area contributed by atoms with Crippen LogP contribution in [0.2, 0.25) is 0 Å². The zero-order chi connectivity index (χ0) is 22.4. The van der Waals surface area contributed by atoms with Crippen molar-refractivity contribution in [2.24, 2.45) is 0 Å². The van der Waals surface area contributed by atoms with Gasteiger partial charge >= 0.3 is 5.97 Å². The summed E-state index contributed by atoms with van der Waals surface area (Å²) in [7, 11) is 0. The van der Waals surface area contributed by atoms with E-state index in [2.05, 4.69) is 17.3 Å². The van der Waals surface area contributed by atoms with Gasteiger partial charge in [0.1, 0.15) is 0 Å². The first-order chi connectivity index (χ1) is 14.9. The Hall–Kier alpha value is -3.48. The zero-order valence-electron chi connectivity index (χ0n) is 18.1. The molecule has 0 saturated heterocycles. The van der Waals surface area contributed by atoms with Gasteiger partial charge in [0.2, 0.25) is 0 Å². The topological polar surface area (TPSA) is 90.3 Å². The van der Waals surface area contributed by atoms with Crippen LogP contribution in [0.1, 0.15) is 47.8 Å². The summed E-state index contributed by atoms with van der Waals surface area (Å²) in [6.07, 6.45) is 2.75. The highest BCUT2D eigenvalue weighted by Crippen LogP contribution is 2.16. The minimum atomic E-state index is -0.740. The number of carbonyl (C=O) groups is 2. The third-order valence-electron chi connectivity index (χ3n) is 4.87. The van der Waals surface area contributed by atoms with Crippen molar-refractivity contribution in [3.63, 3.8) is 0 Å². The Morgan fingerprint density at radius 1 is 1.03 bits per heavy atom. The van der Waals surface area contributed by atoms with Gasteiger partial charge in [-0.25, -0.2) is 9.48 Å². The SMILES string of the molecule is CCCCCn1nc(C(=O)OCC(=O)Nc2cc(C)cc(C)c2)c2ccccc2c1=O. The average molecular weight is 421 g/mol. The average Bonchev–Trinajstić information content (AvgIpc) is 2.73. The number of unbranched alkanes of at least 4 members (excludes halogenated alkanes) is 2. The van der Waals surface area contributed by atoms with Crippen molar-refractivity contribution in [3.05, 3.63) is 69.6 Å². The first-order valence-electron chi connectivity index (χ1n) is 10.4. The van der Waals surface area contributed by atoms with Crippen LogP contribution >= 0.6 is 0 Å². The van der Waals surface area contributed by atoms with E-state index in [1.54, 1.807) is 24.3 Å². The molecule has 3 aromatic rings. The fourth-order valence-corrected chi connectivity index (χ4v) is 3.49. The quantitative estimate of drug-likeness (QED) is 0.439. The van der Waals surface area contributed by atoms with Crippen LogP contribution < -0.4 is 10.9 Å². The maximum absolute atomic E-state index is 12.7. The molecule has 0 aliphatic heterocycles. The summed E-state index contributed by atoms with van der Waals surface area (Å²) >= 11 is 0. The molecule has 7 heteroatoms. The fourth-order valence-electron chi connectivity index (χ4n) is 3.49. The molecular weight excluding hydrogens is 394 g/mol. The number of benzene rings is 2. The molecule has 3 rings (SSSR count). The molecule has 0 radical (unpaired) electrons. The van der Waals surface area contributed by atoms with Crippen LogP contribution in [0, 0.1) is 13.8 Å². The molecular formula is C24H27N3O4. The van der Waals surface area contributed by atoms with Gasteiger partial charge in [0.05, 0.1) is 5.39 Å². The van der Waals surface area contributed by atoms with Gasteiger partial charge in [-0.05, 0) is 49.6 Å². The third kappa shape index (κ3) is 5.57. The Morgan fingerprint density at radius 2 is 1.71 bits per heavy atom. The van der Waals surface area contributed by atoms with E-state index < -0.39 is 18.5 Å². The van der Waals surface area contributed by atoms with Crippen molar-refractivity contribution < 1.29 is 14.3 Å². The maximum Gasteiger partial charge on any atom is 0.359 e. The highest BCUT2D eigenvalue weighted by molar-refractivity contribution is 6.03. The van der Waals surface area contributed by atoms with E-state index >= 15 is 0 Å². The molecule has 0 bridgehead atoms. The Labute approximate surface area is 181 Å². The summed E-state index contributed by atoms with van der Waals surface area (Å²) in [6.45, 7) is 5.92. The van der Waals surface area contributed by atoms with E-state index in [9.17, 15) is 14.4 Å². The number of carbonyl (C=O) groups excluding carboxylic acids is 2. The van der Waals surface area contributed by atoms with Gasteiger partial charge < -0.3 is 10.1 Å². The molecule has 0 aliphatic carbocycles. The molecule has 0 aliphatic rings. The van der Waals surface area contributed by atoms with Gasteiger partial charge in [-0.15, -0.1) is 0 Å². The smallest absolute Gasteiger partial charge is 0.359 e. The lowest BCUT2D eigenvalue weighted by atomic mass is 10.1. The number of hydrogen-bond acceptors (Lipinski definition) is 5. The van der Waals surface area contributed by atoms with Crippen LogP contribution in [-0.2, 0) is 16.1 Å². The number of nitrogens with zero attached hydrogens (tertiary/aromatic N) is 2. The summed E-state index contributed by atoms with van der Waals surface area (Å²) in [5.41, 5.74) is 2.48. The Kier molecular flexibility index (Phi) is 7.18. The number of ether oxygens (including phenoxy) is 1. The molecule has 0 fully saturated rings. The first kappa shape index (κ1) is 22.2. The van der Waals surface area contributed by atoms with Crippen LogP contribution in [0.4, 0.5) is 5.69 Å². The lowest BCUT2D eigenvalue weighted by molar-refractivity contribution is -0.119. The summed E-state index contributed by atoms with van der Waals surface area (Å²) < 4.78 is 6.53. The molecule has 0 atom stereocenters. The maximum atomic E-state index is 12.7. The molecule has 0 spiro atoms. The molecule has 1 amide bonds. The molecule has 1 aromatic heterocycles. The van der Waals surface area contributed by atoms with Crippen LogP contribution in [0.5, 0.6) is 0 Å². The third-order valence-corrected chi connectivity index (χ3v) is 4.87. The standard InChI is InChI=1S/C24H27N3O4/c1-4-5-8-11-27-23(29)20-10-7-6-9-19(20)22(26-27)24(30)31-15-21(28)25-18-13-16(2)12-17(3)14-18/h6-7,9-10,12-14H,4-5,8,11,15H2,1-3H3,(H,25,28). The van der Waals surface area contributed by atoms with E-state index in [0.717, 1.165) is 30.4 Å². The van der Waals surface area contributed by atoms with Crippen LogP contribution in [-0.4, -0.2) is 28.3 Å². The molecule has 2 aromatic carbocycles. The number of fused-ring (bicyclic) bond motifs is 1. The lowest BCUT2D eigenvalue weighted by Gasteiger charge is -2.11. The van der Waals surface area contributed by atoms with Gasteiger partial charge in [0.15, 0.2) is 12.3 Å². The van der Waals surface area contributed by atoms with Crippen molar-refractivity contribution >= 4 is 28.3 Å². The molecule has 1 heterocycles. The summed E-state index contributed by atoms with van der Waals surface area (Å²) in [5.74, 6) is -1.19. The molecule has 7 nitrogen and oxygen atoms in total. The largest absolute Gasteiger partial charge is 0.451 e. The Balaban J connectivity index is 1.77. The molecule has 162 valence electrons. The number of nitrogens with one attached hydrogen (secondary N) is 1. The van der Waals surface area contributed by atoms with E-state index in [-0.39, 0.29) is 11.3 Å². The number of anilines is 1. The highest BCUT2D eigenvalue weighted by atomic mass is 16.5. The normalized spacial score (nSPS) is 10.8. The van der Waals surface area contributed by atoms with Gasteiger partial charge in [0, 0.05) is 17.6 Å². The first-order valence-corrected chi connectivity index (χ1v) is 10.4. The monoisotopic (exact) mass is 421 g/mol. The molecule has 1 N–H and O–H groups in total. The van der Waals surface area contributed by atoms with Crippen LogP contribution in [0.3, 0.4) is 0 Å². The second-order valence-corrected chi connectivity index (χ2v) is 7.63. The summed E-state index contributed by atoms with van der Waals surface area (Å²) in [4.78, 5) is 37.7. The number of aryl methyl sites for hydroxylation is 3. The molecule has 0 saturated carbocycles. The predicted octanol–water partition coefficient (Wildman–Crippen LogP) is 4.00. The van der Waals surface area contributed by atoms with Crippen LogP contribution in [0.25, 0.3) is 10.8 Å². The Bertz CT molecular complexity index is 1150. The minimum Gasteiger partial charge on any atom is -0.451 e. The van der Waals surface area contributed by atoms with Gasteiger partial charge in [-0.2, -0.15) is 5.10 Å². The van der Waals surface area contributed by atoms with Crippen molar-refractivity contribution in [2.45, 2.75) is 46.6 Å². The second-order valence-electron chi connectivity index (χ2n) is 7.63. The number of esters is 1. The lowest BCUT2D eigenvalue weighted by Crippen LogP contribution is -2.28. The molecule has 31 heavy (non-hydrogen) atoms. The Morgan fingerprint density at radius 3 is 2.39 bits per heavy atom. The zero-order valence-corrected chi connectivity index (χ0v) is 18.1. The van der Waals surface area contributed by atoms with Crippen molar-refractivity contribution in [1.29, 1.82) is 0 Å². The van der Waals surface area contributed by atoms with Gasteiger partial charge in [-0.3, -0.25) is 9.59 Å². The van der Waals surface area contributed by atoms with Crippen molar-refractivity contribution in [2.75, 3.05) is 11.9 Å². The van der Waals surface area contributed by atoms with E-state index in [0.29, 0.717) is 23.0 Å².